The van der Waals surface area contributed by atoms with E-state index in [1.807, 2.05) is 26.8 Å². The first-order chi connectivity index (χ1) is 8.08. The van der Waals surface area contributed by atoms with E-state index in [1.165, 1.54) is 6.92 Å². The van der Waals surface area contributed by atoms with Gasteiger partial charge in [0.15, 0.2) is 11.5 Å². The fourth-order valence-electron chi connectivity index (χ4n) is 1.61. The van der Waals surface area contributed by atoms with E-state index < -0.39 is 0 Å². The molecule has 0 radical (unpaired) electrons. The summed E-state index contributed by atoms with van der Waals surface area (Å²) in [4.78, 5) is 11.0. The lowest BCUT2D eigenvalue weighted by atomic mass is 10.1. The molecule has 1 N–H and O–H groups in total. The number of benzene rings is 1. The Morgan fingerprint density at radius 3 is 2.41 bits per heavy atom. The third-order valence-electron chi connectivity index (χ3n) is 2.15. The van der Waals surface area contributed by atoms with E-state index in [1.54, 1.807) is 6.07 Å². The van der Waals surface area contributed by atoms with Crippen LogP contribution in [-0.2, 0) is 4.79 Å². The molecule has 0 spiro atoms. The number of anilines is 1. The molecule has 94 valence electrons. The molecule has 0 saturated heterocycles. The average Bonchev–Trinajstić information content (AvgIpc) is 2.22. The standard InChI is InChI=1S/C13H19NO3/c1-5-16-12-8-11(14-10(4)15)7-9(3)13(12)17-6-2/h7-8H,5-6H2,1-4H3,(H,14,15). The minimum Gasteiger partial charge on any atom is -0.490 e. The third kappa shape index (κ3) is 3.66. The molecule has 0 bridgehead atoms. The summed E-state index contributed by atoms with van der Waals surface area (Å²) in [5, 5.41) is 2.74. The van der Waals surface area contributed by atoms with Gasteiger partial charge in [0.2, 0.25) is 5.91 Å². The molecule has 0 fully saturated rings. The summed E-state index contributed by atoms with van der Waals surface area (Å²) in [5.41, 5.74) is 1.67. The van der Waals surface area contributed by atoms with Gasteiger partial charge in [-0.2, -0.15) is 0 Å². The smallest absolute Gasteiger partial charge is 0.221 e. The molecular weight excluding hydrogens is 218 g/mol. The van der Waals surface area contributed by atoms with Crippen molar-refractivity contribution in [2.24, 2.45) is 0 Å². The van der Waals surface area contributed by atoms with Crippen LogP contribution in [0.4, 0.5) is 5.69 Å². The maximum atomic E-state index is 11.0. The van der Waals surface area contributed by atoms with Gasteiger partial charge in [-0.25, -0.2) is 0 Å². The predicted molar refractivity (Wildman–Crippen MR) is 67.8 cm³/mol. The summed E-state index contributed by atoms with van der Waals surface area (Å²) in [6, 6.07) is 3.65. The molecule has 0 aliphatic carbocycles. The number of hydrogen-bond acceptors (Lipinski definition) is 3. The van der Waals surface area contributed by atoms with Crippen molar-refractivity contribution in [2.45, 2.75) is 27.7 Å². The van der Waals surface area contributed by atoms with Crippen LogP contribution in [-0.4, -0.2) is 19.1 Å². The van der Waals surface area contributed by atoms with Crippen molar-refractivity contribution in [2.75, 3.05) is 18.5 Å². The predicted octanol–water partition coefficient (Wildman–Crippen LogP) is 2.75. The summed E-state index contributed by atoms with van der Waals surface area (Å²) in [6.07, 6.45) is 0. The maximum Gasteiger partial charge on any atom is 0.221 e. The number of aryl methyl sites for hydroxylation is 1. The number of carbonyl (C=O) groups is 1. The minimum atomic E-state index is -0.101. The van der Waals surface area contributed by atoms with Crippen molar-refractivity contribution in [3.8, 4) is 11.5 Å². The Labute approximate surface area is 102 Å². The number of nitrogens with one attached hydrogen (secondary N) is 1. The van der Waals surface area contributed by atoms with Gasteiger partial charge in [0, 0.05) is 18.7 Å². The first-order valence-electron chi connectivity index (χ1n) is 5.76. The number of carbonyl (C=O) groups excluding carboxylic acids is 1. The van der Waals surface area contributed by atoms with Crippen LogP contribution >= 0.6 is 0 Å². The van der Waals surface area contributed by atoms with Crippen LogP contribution in [0.1, 0.15) is 26.3 Å². The highest BCUT2D eigenvalue weighted by Crippen LogP contribution is 2.34. The fraction of sp³-hybridized carbons (Fsp3) is 0.462. The van der Waals surface area contributed by atoms with Crippen LogP contribution in [0.15, 0.2) is 12.1 Å². The van der Waals surface area contributed by atoms with Crippen LogP contribution in [0.3, 0.4) is 0 Å². The van der Waals surface area contributed by atoms with E-state index >= 15 is 0 Å². The molecule has 1 aromatic rings. The molecule has 0 heterocycles. The van der Waals surface area contributed by atoms with Crippen LogP contribution in [0.25, 0.3) is 0 Å². The summed E-state index contributed by atoms with van der Waals surface area (Å²) < 4.78 is 11.1. The monoisotopic (exact) mass is 237 g/mol. The van der Waals surface area contributed by atoms with Gasteiger partial charge in [-0.3, -0.25) is 4.79 Å². The Morgan fingerprint density at radius 2 is 1.88 bits per heavy atom. The second-order valence-corrected chi connectivity index (χ2v) is 3.67. The van der Waals surface area contributed by atoms with E-state index in [0.29, 0.717) is 19.0 Å². The molecule has 17 heavy (non-hydrogen) atoms. The first kappa shape index (κ1) is 13.4. The van der Waals surface area contributed by atoms with Crippen LogP contribution < -0.4 is 14.8 Å². The Bertz CT molecular complexity index is 402. The highest BCUT2D eigenvalue weighted by molar-refractivity contribution is 5.89. The van der Waals surface area contributed by atoms with Gasteiger partial charge in [0.25, 0.3) is 0 Å². The molecule has 4 nitrogen and oxygen atoms in total. The molecule has 0 saturated carbocycles. The molecule has 1 amide bonds. The molecule has 0 atom stereocenters. The first-order valence-corrected chi connectivity index (χ1v) is 5.76. The summed E-state index contributed by atoms with van der Waals surface area (Å²) in [5.74, 6) is 1.30. The third-order valence-corrected chi connectivity index (χ3v) is 2.15. The summed E-state index contributed by atoms with van der Waals surface area (Å²) in [7, 11) is 0. The zero-order valence-electron chi connectivity index (χ0n) is 10.8. The number of ether oxygens (including phenoxy) is 2. The highest BCUT2D eigenvalue weighted by atomic mass is 16.5. The van der Waals surface area contributed by atoms with Crippen molar-refractivity contribution in [3.05, 3.63) is 17.7 Å². The number of hydrogen-bond donors (Lipinski definition) is 1. The molecule has 0 unspecified atom stereocenters. The van der Waals surface area contributed by atoms with Crippen LogP contribution in [0.5, 0.6) is 11.5 Å². The van der Waals surface area contributed by atoms with Crippen LogP contribution in [0.2, 0.25) is 0 Å². The summed E-state index contributed by atoms with van der Waals surface area (Å²) >= 11 is 0. The van der Waals surface area contributed by atoms with Gasteiger partial charge < -0.3 is 14.8 Å². The number of rotatable bonds is 5. The summed E-state index contributed by atoms with van der Waals surface area (Å²) in [6.45, 7) is 8.39. The van der Waals surface area contributed by atoms with E-state index in [4.69, 9.17) is 9.47 Å². The molecular formula is C13H19NO3. The van der Waals surface area contributed by atoms with Gasteiger partial charge in [-0.1, -0.05) is 0 Å². The second-order valence-electron chi connectivity index (χ2n) is 3.67. The van der Waals surface area contributed by atoms with E-state index in [9.17, 15) is 4.79 Å². The van der Waals surface area contributed by atoms with Gasteiger partial charge in [0.1, 0.15) is 0 Å². The zero-order valence-corrected chi connectivity index (χ0v) is 10.8. The van der Waals surface area contributed by atoms with E-state index in [2.05, 4.69) is 5.32 Å². The van der Waals surface area contributed by atoms with Crippen molar-refractivity contribution >= 4 is 11.6 Å². The van der Waals surface area contributed by atoms with Gasteiger partial charge >= 0.3 is 0 Å². The molecule has 0 aliphatic rings. The second kappa shape index (κ2) is 6.13. The normalized spacial score (nSPS) is 9.88. The van der Waals surface area contributed by atoms with E-state index in [0.717, 1.165) is 17.0 Å². The Hall–Kier alpha value is -1.71. The lowest BCUT2D eigenvalue weighted by Gasteiger charge is -2.15. The topological polar surface area (TPSA) is 47.6 Å². The zero-order chi connectivity index (χ0) is 12.8. The molecule has 0 aliphatic heterocycles. The van der Waals surface area contributed by atoms with Crippen molar-refractivity contribution < 1.29 is 14.3 Å². The number of amides is 1. The van der Waals surface area contributed by atoms with Crippen molar-refractivity contribution in [3.63, 3.8) is 0 Å². The lowest BCUT2D eigenvalue weighted by Crippen LogP contribution is -2.07. The molecule has 1 aromatic carbocycles. The molecule has 1 rings (SSSR count). The maximum absolute atomic E-state index is 11.0. The molecule has 0 aromatic heterocycles. The molecule has 4 heteroatoms. The Balaban J connectivity index is 3.10. The van der Waals surface area contributed by atoms with Crippen molar-refractivity contribution in [1.29, 1.82) is 0 Å². The van der Waals surface area contributed by atoms with Gasteiger partial charge in [-0.15, -0.1) is 0 Å². The lowest BCUT2D eigenvalue weighted by molar-refractivity contribution is -0.114. The van der Waals surface area contributed by atoms with Crippen LogP contribution in [0, 0.1) is 6.92 Å². The average molecular weight is 237 g/mol. The SMILES string of the molecule is CCOc1cc(NC(C)=O)cc(C)c1OCC. The van der Waals surface area contributed by atoms with E-state index in [-0.39, 0.29) is 5.91 Å². The fourth-order valence-corrected chi connectivity index (χ4v) is 1.61. The largest absolute Gasteiger partial charge is 0.490 e. The Kier molecular flexibility index (Phi) is 4.82. The minimum absolute atomic E-state index is 0.101. The van der Waals surface area contributed by atoms with Crippen molar-refractivity contribution in [1.82, 2.24) is 0 Å². The highest BCUT2D eigenvalue weighted by Gasteiger charge is 2.11. The van der Waals surface area contributed by atoms with Gasteiger partial charge in [-0.05, 0) is 32.4 Å². The Morgan fingerprint density at radius 1 is 1.24 bits per heavy atom. The van der Waals surface area contributed by atoms with Gasteiger partial charge in [0.05, 0.1) is 13.2 Å². The quantitative estimate of drug-likeness (QED) is 0.856.